The molecule has 1 aromatic heterocycles. The molecule has 0 bridgehead atoms. The normalized spacial score (nSPS) is 13.4. The first-order chi connectivity index (χ1) is 9.94. The summed E-state index contributed by atoms with van der Waals surface area (Å²) in [7, 11) is 0. The molecule has 1 heterocycles. The van der Waals surface area contributed by atoms with Gasteiger partial charge >= 0.3 is 6.18 Å². The number of hydrazine groups is 1. The standard InChI is InChI=1S/C14H17F3N4/c1-2-21-9-10(8-19-21)6-13(20-18)11-4-3-5-12(7-11)14(15,16)17/h3-5,7-9,13,20H,2,6,18H2,1H3. The maximum Gasteiger partial charge on any atom is 0.416 e. The summed E-state index contributed by atoms with van der Waals surface area (Å²) in [6.45, 7) is 2.70. The Labute approximate surface area is 120 Å². The first kappa shape index (κ1) is 15.5. The van der Waals surface area contributed by atoms with Crippen molar-refractivity contribution in [2.45, 2.75) is 32.1 Å². The predicted octanol–water partition coefficient (Wildman–Crippen LogP) is 2.67. The molecule has 0 fully saturated rings. The van der Waals surface area contributed by atoms with Gasteiger partial charge in [-0.15, -0.1) is 0 Å². The van der Waals surface area contributed by atoms with Crippen molar-refractivity contribution in [3.8, 4) is 0 Å². The minimum absolute atomic E-state index is 0.401. The van der Waals surface area contributed by atoms with Crippen molar-refractivity contribution in [1.29, 1.82) is 0 Å². The van der Waals surface area contributed by atoms with Crippen molar-refractivity contribution in [1.82, 2.24) is 15.2 Å². The Morgan fingerprint density at radius 2 is 2.14 bits per heavy atom. The zero-order chi connectivity index (χ0) is 15.5. The molecule has 0 spiro atoms. The van der Waals surface area contributed by atoms with Crippen LogP contribution in [0.25, 0.3) is 0 Å². The fourth-order valence-electron chi connectivity index (χ4n) is 2.13. The van der Waals surface area contributed by atoms with E-state index in [1.54, 1.807) is 16.9 Å². The molecule has 0 aliphatic heterocycles. The summed E-state index contributed by atoms with van der Waals surface area (Å²) in [5.41, 5.74) is 3.30. The number of aromatic nitrogens is 2. The molecule has 0 aliphatic rings. The van der Waals surface area contributed by atoms with E-state index in [1.807, 2.05) is 13.1 Å². The lowest BCUT2D eigenvalue weighted by Crippen LogP contribution is -2.29. The summed E-state index contributed by atoms with van der Waals surface area (Å²) >= 11 is 0. The molecule has 2 aromatic rings. The van der Waals surface area contributed by atoms with Gasteiger partial charge in [-0.25, -0.2) is 0 Å². The molecular weight excluding hydrogens is 281 g/mol. The molecular formula is C14H17F3N4. The van der Waals surface area contributed by atoms with Gasteiger partial charge in [-0.05, 0) is 36.6 Å². The summed E-state index contributed by atoms with van der Waals surface area (Å²) in [6.07, 6.45) is -0.334. The Bertz CT molecular complexity index is 592. The van der Waals surface area contributed by atoms with E-state index in [0.717, 1.165) is 24.2 Å². The van der Waals surface area contributed by atoms with E-state index in [9.17, 15) is 13.2 Å². The van der Waals surface area contributed by atoms with Crippen LogP contribution >= 0.6 is 0 Å². The number of rotatable bonds is 5. The molecule has 2 rings (SSSR count). The summed E-state index contributed by atoms with van der Waals surface area (Å²) in [4.78, 5) is 0. The maximum absolute atomic E-state index is 12.7. The van der Waals surface area contributed by atoms with Gasteiger partial charge in [-0.3, -0.25) is 16.0 Å². The van der Waals surface area contributed by atoms with Crippen LogP contribution in [0.15, 0.2) is 36.7 Å². The van der Waals surface area contributed by atoms with Crippen LogP contribution in [-0.4, -0.2) is 9.78 Å². The lowest BCUT2D eigenvalue weighted by atomic mass is 9.99. The van der Waals surface area contributed by atoms with Gasteiger partial charge in [-0.2, -0.15) is 18.3 Å². The van der Waals surface area contributed by atoms with Gasteiger partial charge in [0.2, 0.25) is 0 Å². The Hall–Kier alpha value is -1.86. The number of aryl methyl sites for hydroxylation is 1. The fourth-order valence-corrected chi connectivity index (χ4v) is 2.13. The van der Waals surface area contributed by atoms with E-state index < -0.39 is 17.8 Å². The topological polar surface area (TPSA) is 55.9 Å². The van der Waals surface area contributed by atoms with Crippen molar-refractivity contribution in [2.24, 2.45) is 5.84 Å². The molecule has 1 unspecified atom stereocenters. The molecule has 1 aromatic carbocycles. The van der Waals surface area contributed by atoms with Gasteiger partial charge in [0.1, 0.15) is 0 Å². The van der Waals surface area contributed by atoms with Crippen LogP contribution in [0.2, 0.25) is 0 Å². The number of nitrogens with one attached hydrogen (secondary N) is 1. The first-order valence-corrected chi connectivity index (χ1v) is 6.58. The minimum Gasteiger partial charge on any atom is -0.273 e. The highest BCUT2D eigenvalue weighted by Crippen LogP contribution is 2.31. The highest BCUT2D eigenvalue weighted by Gasteiger charge is 2.30. The van der Waals surface area contributed by atoms with Crippen LogP contribution < -0.4 is 11.3 Å². The summed E-state index contributed by atoms with van der Waals surface area (Å²) in [5.74, 6) is 5.49. The zero-order valence-electron chi connectivity index (χ0n) is 11.6. The number of nitrogens with two attached hydrogens (primary N) is 1. The Kier molecular flexibility index (Phi) is 4.64. The fraction of sp³-hybridized carbons (Fsp3) is 0.357. The third kappa shape index (κ3) is 3.83. The SMILES string of the molecule is CCn1cc(CC(NN)c2cccc(C(F)(F)F)c2)cn1. The lowest BCUT2D eigenvalue weighted by molar-refractivity contribution is -0.137. The smallest absolute Gasteiger partial charge is 0.273 e. The molecule has 0 saturated heterocycles. The second-order valence-electron chi connectivity index (χ2n) is 4.75. The summed E-state index contributed by atoms with van der Waals surface area (Å²) in [6, 6.07) is 4.78. The second kappa shape index (κ2) is 6.28. The van der Waals surface area contributed by atoms with E-state index >= 15 is 0 Å². The number of benzene rings is 1. The van der Waals surface area contributed by atoms with Crippen LogP contribution in [0, 0.1) is 0 Å². The third-order valence-corrected chi connectivity index (χ3v) is 3.27. The second-order valence-corrected chi connectivity index (χ2v) is 4.75. The van der Waals surface area contributed by atoms with Crippen molar-refractivity contribution in [2.75, 3.05) is 0 Å². The van der Waals surface area contributed by atoms with Gasteiger partial charge in [0.25, 0.3) is 0 Å². The largest absolute Gasteiger partial charge is 0.416 e. The summed E-state index contributed by atoms with van der Waals surface area (Å²) in [5, 5.41) is 4.14. The van der Waals surface area contributed by atoms with E-state index in [0.29, 0.717) is 12.0 Å². The molecule has 114 valence electrons. The highest BCUT2D eigenvalue weighted by molar-refractivity contribution is 5.29. The molecule has 0 aliphatic carbocycles. The third-order valence-electron chi connectivity index (χ3n) is 3.27. The van der Waals surface area contributed by atoms with Crippen molar-refractivity contribution in [3.63, 3.8) is 0 Å². The highest BCUT2D eigenvalue weighted by atomic mass is 19.4. The molecule has 4 nitrogen and oxygen atoms in total. The van der Waals surface area contributed by atoms with Crippen molar-refractivity contribution < 1.29 is 13.2 Å². The van der Waals surface area contributed by atoms with Gasteiger partial charge in [-0.1, -0.05) is 12.1 Å². The average molecular weight is 298 g/mol. The molecule has 0 amide bonds. The van der Waals surface area contributed by atoms with Crippen molar-refractivity contribution >= 4 is 0 Å². The zero-order valence-corrected chi connectivity index (χ0v) is 11.6. The monoisotopic (exact) mass is 298 g/mol. The van der Waals surface area contributed by atoms with Crippen molar-refractivity contribution in [3.05, 3.63) is 53.3 Å². The van der Waals surface area contributed by atoms with E-state index in [-0.39, 0.29) is 0 Å². The van der Waals surface area contributed by atoms with Gasteiger partial charge in [0.05, 0.1) is 17.8 Å². The molecule has 0 saturated carbocycles. The van der Waals surface area contributed by atoms with Gasteiger partial charge < -0.3 is 0 Å². The minimum atomic E-state index is -4.36. The predicted molar refractivity (Wildman–Crippen MR) is 73.1 cm³/mol. The van der Waals surface area contributed by atoms with Crippen LogP contribution in [0.5, 0.6) is 0 Å². The number of nitrogens with zero attached hydrogens (tertiary/aromatic N) is 2. The van der Waals surface area contributed by atoms with Crippen LogP contribution in [-0.2, 0) is 19.1 Å². The average Bonchev–Trinajstić information content (AvgIpc) is 2.91. The number of hydrogen-bond donors (Lipinski definition) is 2. The Morgan fingerprint density at radius 1 is 1.38 bits per heavy atom. The lowest BCUT2D eigenvalue weighted by Gasteiger charge is -2.17. The van der Waals surface area contributed by atoms with Crippen LogP contribution in [0.3, 0.4) is 0 Å². The molecule has 0 radical (unpaired) electrons. The molecule has 3 N–H and O–H groups in total. The van der Waals surface area contributed by atoms with E-state index in [1.165, 1.54) is 6.07 Å². The molecule has 1 atom stereocenters. The summed E-state index contributed by atoms with van der Waals surface area (Å²) < 4.78 is 40.0. The molecule has 21 heavy (non-hydrogen) atoms. The van der Waals surface area contributed by atoms with Crippen LogP contribution in [0.4, 0.5) is 13.2 Å². The van der Waals surface area contributed by atoms with Gasteiger partial charge in [0, 0.05) is 12.7 Å². The van der Waals surface area contributed by atoms with Crippen LogP contribution in [0.1, 0.15) is 29.7 Å². The first-order valence-electron chi connectivity index (χ1n) is 6.58. The van der Waals surface area contributed by atoms with E-state index in [2.05, 4.69) is 10.5 Å². The number of alkyl halides is 3. The quantitative estimate of drug-likeness (QED) is 0.659. The maximum atomic E-state index is 12.7. The Balaban J connectivity index is 2.21. The number of halogens is 3. The number of hydrogen-bond acceptors (Lipinski definition) is 3. The van der Waals surface area contributed by atoms with E-state index in [4.69, 9.17) is 5.84 Å². The molecule has 7 heteroatoms. The Morgan fingerprint density at radius 3 is 2.71 bits per heavy atom. The van der Waals surface area contributed by atoms with Gasteiger partial charge in [0.15, 0.2) is 0 Å².